The second kappa shape index (κ2) is 9.62. The first-order valence-electron chi connectivity index (χ1n) is 9.76. The summed E-state index contributed by atoms with van der Waals surface area (Å²) in [6.07, 6.45) is 3.94. The molecule has 0 N–H and O–H groups in total. The Morgan fingerprint density at radius 1 is 1.18 bits per heavy atom. The first-order chi connectivity index (χ1) is 13.1. The van der Waals surface area contributed by atoms with Gasteiger partial charge in [0.2, 0.25) is 0 Å². The summed E-state index contributed by atoms with van der Waals surface area (Å²) in [6, 6.07) is 7.54. The van der Waals surface area contributed by atoms with Crippen molar-refractivity contribution < 1.29 is 23.8 Å². The van der Waals surface area contributed by atoms with Gasteiger partial charge in [0.05, 0.1) is 6.10 Å². The van der Waals surface area contributed by atoms with Crippen molar-refractivity contribution >= 4 is 18.1 Å². The molecule has 0 spiro atoms. The number of amides is 1. The Hall–Kier alpha value is -2.50. The zero-order valence-electron chi connectivity index (χ0n) is 17.4. The second-order valence-corrected chi connectivity index (χ2v) is 8.18. The van der Waals surface area contributed by atoms with Gasteiger partial charge in [0, 0.05) is 32.0 Å². The minimum absolute atomic E-state index is 0.0933. The van der Waals surface area contributed by atoms with Gasteiger partial charge in [-0.15, -0.1) is 0 Å². The molecule has 0 aromatic heterocycles. The topological polar surface area (TPSA) is 65.1 Å². The molecule has 1 fully saturated rings. The average molecular weight is 389 g/mol. The molecule has 0 atom stereocenters. The van der Waals surface area contributed by atoms with Crippen molar-refractivity contribution in [2.75, 3.05) is 13.1 Å². The number of carbonyl (C=O) groups excluding carboxylic acids is 2. The molecule has 1 heterocycles. The smallest absolute Gasteiger partial charge is 0.410 e. The summed E-state index contributed by atoms with van der Waals surface area (Å²) in [5.41, 5.74) is 0.359. The molecule has 0 radical (unpaired) electrons. The standard InChI is InChI=1S/C22H31NO5/c1-16(2)26-19-8-6-7-17(15-19)9-10-20(24)27-18-11-13-23(14-12-18)21(25)28-22(3,4)5/h6-10,15-16,18H,11-14H2,1-5H3/b10-9+. The second-order valence-electron chi connectivity index (χ2n) is 8.18. The van der Waals surface area contributed by atoms with Gasteiger partial charge in [-0.05, 0) is 58.4 Å². The van der Waals surface area contributed by atoms with Crippen LogP contribution in [0, 0.1) is 0 Å². The summed E-state index contributed by atoms with van der Waals surface area (Å²) < 4.78 is 16.5. The molecule has 1 amide bonds. The Kier molecular flexibility index (Phi) is 7.49. The molecule has 28 heavy (non-hydrogen) atoms. The summed E-state index contributed by atoms with van der Waals surface area (Å²) in [4.78, 5) is 25.8. The minimum Gasteiger partial charge on any atom is -0.491 e. The Bertz CT molecular complexity index is 697. The van der Waals surface area contributed by atoms with Crippen molar-refractivity contribution in [2.24, 2.45) is 0 Å². The SMILES string of the molecule is CC(C)Oc1cccc(/C=C/C(=O)OC2CCN(C(=O)OC(C)(C)C)CC2)c1. The van der Waals surface area contributed by atoms with Crippen molar-refractivity contribution in [2.45, 2.75) is 65.3 Å². The molecular formula is C22H31NO5. The highest BCUT2D eigenvalue weighted by molar-refractivity contribution is 5.87. The lowest BCUT2D eigenvalue weighted by Gasteiger charge is -2.33. The number of ether oxygens (including phenoxy) is 3. The van der Waals surface area contributed by atoms with Crippen LogP contribution >= 0.6 is 0 Å². The van der Waals surface area contributed by atoms with Crippen molar-refractivity contribution in [3.8, 4) is 5.75 Å². The van der Waals surface area contributed by atoms with E-state index in [-0.39, 0.29) is 24.3 Å². The molecule has 2 rings (SSSR count). The fourth-order valence-electron chi connectivity index (χ4n) is 2.81. The van der Waals surface area contributed by atoms with Gasteiger partial charge in [-0.25, -0.2) is 9.59 Å². The van der Waals surface area contributed by atoms with Crippen molar-refractivity contribution in [3.05, 3.63) is 35.9 Å². The Balaban J connectivity index is 1.80. The summed E-state index contributed by atoms with van der Waals surface area (Å²) in [6.45, 7) is 10.5. The maximum Gasteiger partial charge on any atom is 0.410 e. The third kappa shape index (κ3) is 7.62. The number of piperidine rings is 1. The lowest BCUT2D eigenvalue weighted by atomic mass is 10.1. The third-order valence-electron chi connectivity index (χ3n) is 4.02. The number of nitrogens with zero attached hydrogens (tertiary/aromatic N) is 1. The van der Waals surface area contributed by atoms with Crippen LogP contribution in [0.4, 0.5) is 4.79 Å². The molecular weight excluding hydrogens is 358 g/mol. The van der Waals surface area contributed by atoms with E-state index in [0.29, 0.717) is 25.9 Å². The van der Waals surface area contributed by atoms with Gasteiger partial charge in [0.25, 0.3) is 0 Å². The summed E-state index contributed by atoms with van der Waals surface area (Å²) >= 11 is 0. The average Bonchev–Trinajstić information content (AvgIpc) is 2.59. The van der Waals surface area contributed by atoms with E-state index in [1.807, 2.05) is 58.9 Å². The van der Waals surface area contributed by atoms with Gasteiger partial charge in [0.15, 0.2) is 0 Å². The molecule has 1 aliphatic rings. The molecule has 6 heteroatoms. The van der Waals surface area contributed by atoms with Crippen LogP contribution in [0.15, 0.2) is 30.3 Å². The zero-order chi connectivity index (χ0) is 20.7. The molecule has 1 saturated heterocycles. The number of rotatable bonds is 5. The van der Waals surface area contributed by atoms with E-state index in [9.17, 15) is 9.59 Å². The predicted octanol–water partition coefficient (Wildman–Crippen LogP) is 4.43. The highest BCUT2D eigenvalue weighted by atomic mass is 16.6. The Morgan fingerprint density at radius 2 is 1.86 bits per heavy atom. The van der Waals surface area contributed by atoms with Crippen LogP contribution in [0.5, 0.6) is 5.75 Å². The van der Waals surface area contributed by atoms with Crippen molar-refractivity contribution in [3.63, 3.8) is 0 Å². The highest BCUT2D eigenvalue weighted by Gasteiger charge is 2.28. The third-order valence-corrected chi connectivity index (χ3v) is 4.02. The predicted molar refractivity (Wildman–Crippen MR) is 108 cm³/mol. The monoisotopic (exact) mass is 389 g/mol. The lowest BCUT2D eigenvalue weighted by molar-refractivity contribution is -0.144. The molecule has 154 valence electrons. The quantitative estimate of drug-likeness (QED) is 0.551. The molecule has 0 unspecified atom stereocenters. The maximum atomic E-state index is 12.1. The van der Waals surface area contributed by atoms with Crippen molar-refractivity contribution in [1.82, 2.24) is 4.90 Å². The van der Waals surface area contributed by atoms with Crippen LogP contribution in [0.2, 0.25) is 0 Å². The summed E-state index contributed by atoms with van der Waals surface area (Å²) in [5.74, 6) is 0.380. The number of carbonyl (C=O) groups is 2. The highest BCUT2D eigenvalue weighted by Crippen LogP contribution is 2.19. The van der Waals surface area contributed by atoms with Crippen LogP contribution in [-0.2, 0) is 14.3 Å². The van der Waals surface area contributed by atoms with E-state index in [4.69, 9.17) is 14.2 Å². The number of hydrogen-bond acceptors (Lipinski definition) is 5. The van der Waals surface area contributed by atoms with Gasteiger partial charge < -0.3 is 19.1 Å². The summed E-state index contributed by atoms with van der Waals surface area (Å²) in [5, 5.41) is 0. The largest absolute Gasteiger partial charge is 0.491 e. The lowest BCUT2D eigenvalue weighted by Crippen LogP contribution is -2.43. The zero-order valence-corrected chi connectivity index (χ0v) is 17.4. The van der Waals surface area contributed by atoms with Crippen LogP contribution in [0.25, 0.3) is 6.08 Å². The summed E-state index contributed by atoms with van der Waals surface area (Å²) in [7, 11) is 0. The van der Waals surface area contributed by atoms with Gasteiger partial charge in [0.1, 0.15) is 17.5 Å². The van der Waals surface area contributed by atoms with E-state index in [0.717, 1.165) is 11.3 Å². The fraction of sp³-hybridized carbons (Fsp3) is 0.545. The molecule has 1 aromatic carbocycles. The maximum absolute atomic E-state index is 12.1. The molecule has 1 aromatic rings. The van der Waals surface area contributed by atoms with Gasteiger partial charge in [-0.2, -0.15) is 0 Å². The molecule has 0 bridgehead atoms. The first-order valence-corrected chi connectivity index (χ1v) is 9.76. The Morgan fingerprint density at radius 3 is 2.46 bits per heavy atom. The fourth-order valence-corrected chi connectivity index (χ4v) is 2.81. The number of benzene rings is 1. The van der Waals surface area contributed by atoms with Gasteiger partial charge >= 0.3 is 12.1 Å². The van der Waals surface area contributed by atoms with Crippen LogP contribution in [-0.4, -0.2) is 47.9 Å². The van der Waals surface area contributed by atoms with Gasteiger partial charge in [-0.3, -0.25) is 0 Å². The normalized spacial score (nSPS) is 15.7. The van der Waals surface area contributed by atoms with Crippen LogP contribution in [0.3, 0.4) is 0 Å². The van der Waals surface area contributed by atoms with Crippen molar-refractivity contribution in [1.29, 1.82) is 0 Å². The van der Waals surface area contributed by atoms with E-state index in [2.05, 4.69) is 0 Å². The van der Waals surface area contributed by atoms with E-state index in [1.165, 1.54) is 6.08 Å². The number of esters is 1. The van der Waals surface area contributed by atoms with E-state index in [1.54, 1.807) is 11.0 Å². The molecule has 6 nitrogen and oxygen atoms in total. The number of likely N-dealkylation sites (tertiary alicyclic amines) is 1. The number of hydrogen-bond donors (Lipinski definition) is 0. The van der Waals surface area contributed by atoms with Crippen LogP contribution < -0.4 is 4.74 Å². The van der Waals surface area contributed by atoms with Crippen LogP contribution in [0.1, 0.15) is 53.0 Å². The molecule has 0 aliphatic carbocycles. The van der Waals surface area contributed by atoms with E-state index < -0.39 is 5.60 Å². The van der Waals surface area contributed by atoms with Gasteiger partial charge in [-0.1, -0.05) is 12.1 Å². The molecule has 1 aliphatic heterocycles. The van der Waals surface area contributed by atoms with E-state index >= 15 is 0 Å². The molecule has 0 saturated carbocycles. The Labute approximate surface area is 167 Å². The first kappa shape index (κ1) is 21.8. The minimum atomic E-state index is -0.511.